The van der Waals surface area contributed by atoms with E-state index in [1.165, 1.54) is 42.9 Å². The Morgan fingerprint density at radius 2 is 0.913 bits per heavy atom. The molecule has 0 aromatic heterocycles. The normalized spacial score (nSPS) is 14.7. The molecule has 0 bridgehead atoms. The molecule has 3 heteroatoms. The zero-order valence-electron chi connectivity index (χ0n) is 25.6. The van der Waals surface area contributed by atoms with Crippen molar-refractivity contribution in [3.63, 3.8) is 0 Å². The highest BCUT2D eigenvalue weighted by Gasteiger charge is 2.30. The molecule has 7 aromatic carbocycles. The van der Waals surface area contributed by atoms with E-state index < -0.39 is 14.0 Å². The highest BCUT2D eigenvalue weighted by atomic mass is 31.2. The zero-order valence-corrected chi connectivity index (χ0v) is 27.4. The van der Waals surface area contributed by atoms with E-state index in [0.717, 1.165) is 34.1 Å². The molecule has 7 aromatic rings. The van der Waals surface area contributed by atoms with Crippen LogP contribution in [0.2, 0.25) is 0 Å². The van der Waals surface area contributed by atoms with Gasteiger partial charge in [0.2, 0.25) is 0 Å². The minimum atomic E-state index is -3.11. The lowest BCUT2D eigenvalue weighted by Crippen LogP contribution is -2.24. The summed E-state index contributed by atoms with van der Waals surface area (Å²) >= 11 is 0. The lowest BCUT2D eigenvalue weighted by molar-refractivity contribution is 0.592. The van der Waals surface area contributed by atoms with Gasteiger partial charge in [-0.15, -0.1) is 0 Å². The summed E-state index contributed by atoms with van der Waals surface area (Å²) in [7, 11) is -3.11. The van der Waals surface area contributed by atoms with Gasteiger partial charge in [0.05, 0.1) is 0 Å². The summed E-state index contributed by atoms with van der Waals surface area (Å²) in [5.41, 5.74) is 0. The second-order valence-corrected chi connectivity index (χ2v) is 18.1. The van der Waals surface area contributed by atoms with Crippen molar-refractivity contribution < 1.29 is 4.57 Å². The number of benzene rings is 7. The predicted molar refractivity (Wildman–Crippen MR) is 205 cm³/mol. The molecule has 0 amide bonds. The standard InChI is InChI=1S/C43H34OP2/c1-45(32-16-6-2-7-17-32,33-18-8-3-9-19-33)36-26-28-40-41-29-27-37(31-43(41)39-25-15-14-24-38(39)42(40)30-36)46(44,34-20-10-4-11-21-34)35-22-12-5-13-23-35/h2-8,10-18,20-31H,1,9,19H2. The first-order valence-electron chi connectivity index (χ1n) is 15.8. The fraction of sp³-hybridized carbons (Fsp3) is 0.0465. The Labute approximate surface area is 270 Å². The van der Waals surface area contributed by atoms with Crippen LogP contribution < -0.4 is 26.5 Å². The van der Waals surface area contributed by atoms with Gasteiger partial charge in [0.25, 0.3) is 0 Å². The molecule has 1 atom stereocenters. The molecule has 1 aliphatic carbocycles. The van der Waals surface area contributed by atoms with Crippen LogP contribution in [-0.4, -0.2) is 6.30 Å². The van der Waals surface area contributed by atoms with Crippen LogP contribution in [-0.2, 0) is 4.57 Å². The quantitative estimate of drug-likeness (QED) is 0.133. The Kier molecular flexibility index (Phi) is 7.26. The monoisotopic (exact) mass is 628 g/mol. The predicted octanol–water partition coefficient (Wildman–Crippen LogP) is 9.42. The van der Waals surface area contributed by atoms with Crippen molar-refractivity contribution >= 4 is 79.2 Å². The largest absolute Gasteiger partial charge is 0.309 e. The molecule has 0 spiro atoms. The van der Waals surface area contributed by atoms with Gasteiger partial charge in [-0.05, 0) is 80.1 Å². The molecule has 0 heterocycles. The van der Waals surface area contributed by atoms with Crippen LogP contribution in [0.25, 0.3) is 32.3 Å². The van der Waals surface area contributed by atoms with Crippen molar-refractivity contribution in [3.8, 4) is 0 Å². The van der Waals surface area contributed by atoms with Crippen molar-refractivity contribution in [3.05, 3.63) is 175 Å². The van der Waals surface area contributed by atoms with Crippen LogP contribution in [0.15, 0.2) is 175 Å². The molecule has 1 unspecified atom stereocenters. The van der Waals surface area contributed by atoms with Crippen LogP contribution in [0, 0.1) is 0 Å². The van der Waals surface area contributed by atoms with E-state index in [1.807, 2.05) is 60.7 Å². The van der Waals surface area contributed by atoms with E-state index in [9.17, 15) is 0 Å². The third-order valence-corrected chi connectivity index (χ3v) is 16.3. The summed E-state index contributed by atoms with van der Waals surface area (Å²) in [6.45, 7) is -2.07. The summed E-state index contributed by atoms with van der Waals surface area (Å²) in [5, 5.41) is 13.7. The topological polar surface area (TPSA) is 17.1 Å². The fourth-order valence-corrected chi connectivity index (χ4v) is 13.0. The van der Waals surface area contributed by atoms with Gasteiger partial charge >= 0.3 is 0 Å². The van der Waals surface area contributed by atoms with Crippen LogP contribution in [0.4, 0.5) is 0 Å². The Morgan fingerprint density at radius 3 is 1.43 bits per heavy atom. The summed E-state index contributed by atoms with van der Waals surface area (Å²) in [5.74, 6) is 0. The van der Waals surface area contributed by atoms with Gasteiger partial charge in [-0.2, -0.15) is 0 Å². The molecule has 222 valence electrons. The average Bonchev–Trinajstić information content (AvgIpc) is 3.15. The molecular formula is C43H34OP2. The van der Waals surface area contributed by atoms with E-state index in [1.54, 1.807) is 0 Å². The molecule has 0 saturated carbocycles. The Morgan fingerprint density at radius 1 is 0.457 bits per heavy atom. The fourth-order valence-electron chi connectivity index (χ4n) is 7.16. The maximum Gasteiger partial charge on any atom is 0.171 e. The number of allylic oxidation sites excluding steroid dienone is 4. The van der Waals surface area contributed by atoms with Gasteiger partial charge < -0.3 is 4.57 Å². The second-order valence-electron chi connectivity index (χ2n) is 12.1. The Balaban J connectivity index is 1.39. The summed E-state index contributed by atoms with van der Waals surface area (Å²) in [6, 6.07) is 52.9. The lowest BCUT2D eigenvalue weighted by atomic mass is 9.94. The molecule has 8 rings (SSSR count). The summed E-state index contributed by atoms with van der Waals surface area (Å²) < 4.78 is 15.3. The Hall–Kier alpha value is -4.67. The minimum absolute atomic E-state index is 0.846. The van der Waals surface area contributed by atoms with Crippen LogP contribution in [0.5, 0.6) is 0 Å². The second kappa shape index (κ2) is 11.6. The first kappa shape index (κ1) is 28.8. The summed E-state index contributed by atoms with van der Waals surface area (Å²) in [4.78, 5) is 0. The number of hydrogen-bond donors (Lipinski definition) is 0. The first-order valence-corrected chi connectivity index (χ1v) is 19.5. The third kappa shape index (κ3) is 4.58. The van der Waals surface area contributed by atoms with E-state index in [-0.39, 0.29) is 0 Å². The maximum absolute atomic E-state index is 15.3. The van der Waals surface area contributed by atoms with Crippen molar-refractivity contribution in [1.29, 1.82) is 0 Å². The Bertz CT molecular complexity index is 2340. The van der Waals surface area contributed by atoms with Crippen LogP contribution in [0.3, 0.4) is 0 Å². The van der Waals surface area contributed by atoms with E-state index >= 15 is 4.57 Å². The molecule has 0 N–H and O–H groups in total. The molecule has 0 saturated heterocycles. The molecule has 0 fully saturated rings. The molecular weight excluding hydrogens is 594 g/mol. The number of hydrogen-bond acceptors (Lipinski definition) is 1. The smallest absolute Gasteiger partial charge is 0.171 e. The molecule has 0 radical (unpaired) electrons. The van der Waals surface area contributed by atoms with Gasteiger partial charge in [0.1, 0.15) is 0 Å². The van der Waals surface area contributed by atoms with Crippen molar-refractivity contribution in [2.45, 2.75) is 12.8 Å². The average molecular weight is 629 g/mol. The third-order valence-electron chi connectivity index (χ3n) is 9.53. The van der Waals surface area contributed by atoms with Crippen molar-refractivity contribution in [2.75, 3.05) is 0 Å². The van der Waals surface area contributed by atoms with Gasteiger partial charge in [-0.25, -0.2) is 0 Å². The first-order chi connectivity index (χ1) is 22.6. The number of rotatable bonds is 6. The van der Waals surface area contributed by atoms with E-state index in [2.05, 4.69) is 109 Å². The lowest BCUT2D eigenvalue weighted by Gasteiger charge is -2.30. The van der Waals surface area contributed by atoms with Crippen molar-refractivity contribution in [2.24, 2.45) is 0 Å². The molecule has 0 aliphatic heterocycles. The molecule has 1 aliphatic rings. The molecule has 46 heavy (non-hydrogen) atoms. The van der Waals surface area contributed by atoms with Gasteiger partial charge in [0.15, 0.2) is 7.14 Å². The highest BCUT2D eigenvalue weighted by Crippen LogP contribution is 2.54. The van der Waals surface area contributed by atoms with Gasteiger partial charge in [0, 0.05) is 15.9 Å². The van der Waals surface area contributed by atoms with Crippen molar-refractivity contribution in [1.82, 2.24) is 0 Å². The minimum Gasteiger partial charge on any atom is -0.309 e. The maximum atomic E-state index is 15.3. The SMILES string of the molecule is C=P(C1=CC=CCC1)(c1ccccc1)c1ccc2c3ccc(P(=O)(c4ccccc4)c4ccccc4)cc3c3ccccc3c2c1. The summed E-state index contributed by atoms with van der Waals surface area (Å²) in [6.07, 6.45) is 13.9. The van der Waals surface area contributed by atoms with Crippen LogP contribution >= 0.6 is 14.0 Å². The van der Waals surface area contributed by atoms with E-state index in [0.29, 0.717) is 0 Å². The van der Waals surface area contributed by atoms with Gasteiger partial charge in [-0.3, -0.25) is 0 Å². The van der Waals surface area contributed by atoms with E-state index in [4.69, 9.17) is 6.30 Å². The zero-order chi connectivity index (χ0) is 31.1. The molecule has 1 nitrogen and oxygen atoms in total. The van der Waals surface area contributed by atoms with Gasteiger partial charge in [-0.1, -0.05) is 164 Å². The van der Waals surface area contributed by atoms with Crippen LogP contribution in [0.1, 0.15) is 12.8 Å². The number of fused-ring (bicyclic) bond motifs is 6. The highest BCUT2D eigenvalue weighted by molar-refractivity contribution is 7.90.